The van der Waals surface area contributed by atoms with Crippen molar-refractivity contribution in [1.29, 1.82) is 5.26 Å². The molecule has 0 saturated carbocycles. The van der Waals surface area contributed by atoms with Gasteiger partial charge in [0.15, 0.2) is 11.5 Å². The van der Waals surface area contributed by atoms with Gasteiger partial charge >= 0.3 is 5.97 Å². The third kappa shape index (κ3) is 5.82. The van der Waals surface area contributed by atoms with Gasteiger partial charge in [-0.25, -0.2) is 4.79 Å². The van der Waals surface area contributed by atoms with E-state index in [1.54, 1.807) is 36.4 Å². The number of methoxy groups -OCH3 is 1. The molecule has 0 amide bonds. The number of halogens is 1. The molecule has 10 nitrogen and oxygen atoms in total. The number of carbonyl (C=O) groups is 1. The van der Waals surface area contributed by atoms with Crippen LogP contribution in [0.5, 0.6) is 23.0 Å². The van der Waals surface area contributed by atoms with Gasteiger partial charge in [-0.05, 0) is 53.6 Å². The van der Waals surface area contributed by atoms with Crippen LogP contribution in [-0.2, 0) is 6.61 Å². The molecule has 1 heterocycles. The highest BCUT2D eigenvalue weighted by atomic mass is 35.5. The first-order valence-electron chi connectivity index (χ1n) is 12.5. The second kappa shape index (κ2) is 11.9. The van der Waals surface area contributed by atoms with Crippen molar-refractivity contribution in [3.05, 3.63) is 134 Å². The molecule has 1 aliphatic rings. The van der Waals surface area contributed by atoms with Crippen molar-refractivity contribution >= 4 is 23.3 Å². The standard InChI is InChI=1S/C31H22ClN3O7/c1-39-28-14-20(6-13-26(28)40-17-18-2-7-21(32)8-3-18)29-24-12-11-23(15-27(24)42-30(34)25(29)16-33)41-31(36)19-4-9-22(10-5-19)35(37)38/h2-15,29H,17,34H2,1H3. The highest BCUT2D eigenvalue weighted by Gasteiger charge is 2.32. The molecule has 0 aromatic heterocycles. The van der Waals surface area contributed by atoms with E-state index in [9.17, 15) is 20.2 Å². The number of esters is 1. The topological polar surface area (TPSA) is 147 Å². The average Bonchev–Trinajstić information content (AvgIpc) is 3.00. The number of carbonyl (C=O) groups excluding carboxylic acids is 1. The number of nitrogens with two attached hydrogens (primary N) is 1. The Balaban J connectivity index is 1.41. The molecule has 1 atom stereocenters. The fourth-order valence-corrected chi connectivity index (χ4v) is 4.58. The molecule has 5 rings (SSSR count). The normalized spacial score (nSPS) is 13.8. The Bertz CT molecular complexity index is 1750. The van der Waals surface area contributed by atoms with E-state index in [1.807, 2.05) is 18.2 Å². The lowest BCUT2D eigenvalue weighted by Crippen LogP contribution is -2.21. The monoisotopic (exact) mass is 583 g/mol. The van der Waals surface area contributed by atoms with Crippen LogP contribution in [0.25, 0.3) is 0 Å². The largest absolute Gasteiger partial charge is 0.493 e. The summed E-state index contributed by atoms with van der Waals surface area (Å²) in [4.78, 5) is 23.0. The number of nitro benzene ring substituents is 1. The van der Waals surface area contributed by atoms with Crippen LogP contribution in [0.3, 0.4) is 0 Å². The quantitative estimate of drug-likeness (QED) is 0.110. The van der Waals surface area contributed by atoms with E-state index in [2.05, 4.69) is 6.07 Å². The second-order valence-electron chi connectivity index (χ2n) is 9.14. The molecule has 1 aliphatic heterocycles. The van der Waals surface area contributed by atoms with Crippen molar-refractivity contribution in [3.8, 4) is 29.1 Å². The predicted molar refractivity (Wildman–Crippen MR) is 153 cm³/mol. The van der Waals surface area contributed by atoms with Gasteiger partial charge in [0.1, 0.15) is 29.7 Å². The molecular formula is C31H22ClN3O7. The van der Waals surface area contributed by atoms with Crippen LogP contribution in [0.2, 0.25) is 5.02 Å². The molecular weight excluding hydrogens is 562 g/mol. The fraction of sp³-hybridized carbons (Fsp3) is 0.0968. The van der Waals surface area contributed by atoms with Crippen LogP contribution in [0.15, 0.2) is 96.4 Å². The third-order valence-corrected chi connectivity index (χ3v) is 6.80. The Morgan fingerprint density at radius 1 is 1.05 bits per heavy atom. The van der Waals surface area contributed by atoms with E-state index >= 15 is 0 Å². The van der Waals surface area contributed by atoms with E-state index in [0.717, 1.165) is 5.56 Å². The number of nitriles is 1. The van der Waals surface area contributed by atoms with Crippen molar-refractivity contribution in [1.82, 2.24) is 0 Å². The summed E-state index contributed by atoms with van der Waals surface area (Å²) in [5.41, 5.74) is 8.58. The zero-order chi connectivity index (χ0) is 29.8. The van der Waals surface area contributed by atoms with Crippen molar-refractivity contribution in [3.63, 3.8) is 0 Å². The maximum atomic E-state index is 12.6. The molecule has 4 aromatic rings. The lowest BCUT2D eigenvalue weighted by Gasteiger charge is -2.27. The Morgan fingerprint density at radius 3 is 2.45 bits per heavy atom. The maximum Gasteiger partial charge on any atom is 0.343 e. The second-order valence-corrected chi connectivity index (χ2v) is 9.58. The van der Waals surface area contributed by atoms with Crippen LogP contribution >= 0.6 is 11.6 Å². The summed E-state index contributed by atoms with van der Waals surface area (Å²) in [5.74, 6) is 0.0252. The lowest BCUT2D eigenvalue weighted by molar-refractivity contribution is -0.384. The van der Waals surface area contributed by atoms with E-state index in [0.29, 0.717) is 40.0 Å². The molecule has 0 radical (unpaired) electrons. The van der Waals surface area contributed by atoms with Gasteiger partial charge in [-0.3, -0.25) is 10.1 Å². The number of non-ortho nitro benzene ring substituents is 1. The molecule has 0 bridgehead atoms. The third-order valence-electron chi connectivity index (χ3n) is 6.54. The van der Waals surface area contributed by atoms with Crippen LogP contribution < -0.4 is 24.7 Å². The molecule has 1 unspecified atom stereocenters. The first-order chi connectivity index (χ1) is 20.3. The van der Waals surface area contributed by atoms with Crippen molar-refractivity contribution in [2.24, 2.45) is 5.73 Å². The summed E-state index contributed by atoms with van der Waals surface area (Å²) in [7, 11) is 1.52. The summed E-state index contributed by atoms with van der Waals surface area (Å²) >= 11 is 5.96. The molecule has 42 heavy (non-hydrogen) atoms. The number of fused-ring (bicyclic) bond motifs is 1. The van der Waals surface area contributed by atoms with E-state index in [1.165, 1.54) is 37.4 Å². The number of rotatable bonds is 8. The first kappa shape index (κ1) is 28.0. The van der Waals surface area contributed by atoms with Crippen LogP contribution in [0.1, 0.15) is 33.0 Å². The zero-order valence-electron chi connectivity index (χ0n) is 22.1. The van der Waals surface area contributed by atoms with Gasteiger partial charge in [-0.2, -0.15) is 5.26 Å². The number of nitro groups is 1. The predicted octanol–water partition coefficient (Wildman–Crippen LogP) is 6.27. The summed E-state index contributed by atoms with van der Waals surface area (Å²) < 4.78 is 22.8. The number of allylic oxidation sites excluding steroid dienone is 1. The molecule has 0 saturated heterocycles. The van der Waals surface area contributed by atoms with Gasteiger partial charge < -0.3 is 24.7 Å². The Labute approximate surface area is 245 Å². The van der Waals surface area contributed by atoms with E-state index in [-0.39, 0.29) is 28.5 Å². The highest BCUT2D eigenvalue weighted by Crippen LogP contribution is 2.45. The van der Waals surface area contributed by atoms with Crippen LogP contribution in [0, 0.1) is 21.4 Å². The number of ether oxygens (including phenoxy) is 4. The summed E-state index contributed by atoms with van der Waals surface area (Å²) in [6, 6.07) is 24.6. The lowest BCUT2D eigenvalue weighted by atomic mass is 9.83. The smallest absolute Gasteiger partial charge is 0.343 e. The Kier molecular flexibility index (Phi) is 7.95. The van der Waals surface area contributed by atoms with Crippen LogP contribution in [0.4, 0.5) is 5.69 Å². The SMILES string of the molecule is COc1cc(C2C(C#N)=C(N)Oc3cc(OC(=O)c4ccc([N+](=O)[O-])cc4)ccc32)ccc1OCc1ccc(Cl)cc1. The van der Waals surface area contributed by atoms with Gasteiger partial charge in [0.05, 0.1) is 23.5 Å². The van der Waals surface area contributed by atoms with Gasteiger partial charge in [0.2, 0.25) is 5.88 Å². The van der Waals surface area contributed by atoms with Gasteiger partial charge in [-0.15, -0.1) is 0 Å². The number of hydrogen-bond acceptors (Lipinski definition) is 9. The van der Waals surface area contributed by atoms with Crippen molar-refractivity contribution < 1.29 is 28.7 Å². The molecule has 11 heteroatoms. The minimum Gasteiger partial charge on any atom is -0.493 e. The van der Waals surface area contributed by atoms with Gasteiger partial charge in [-0.1, -0.05) is 35.9 Å². The van der Waals surface area contributed by atoms with Crippen molar-refractivity contribution in [2.45, 2.75) is 12.5 Å². The van der Waals surface area contributed by atoms with E-state index in [4.69, 9.17) is 36.3 Å². The van der Waals surface area contributed by atoms with Crippen molar-refractivity contribution in [2.75, 3.05) is 7.11 Å². The number of hydrogen-bond donors (Lipinski definition) is 1. The summed E-state index contributed by atoms with van der Waals surface area (Å²) in [6.45, 7) is 0.296. The molecule has 0 fully saturated rings. The van der Waals surface area contributed by atoms with Crippen LogP contribution in [-0.4, -0.2) is 18.0 Å². The maximum absolute atomic E-state index is 12.6. The minimum atomic E-state index is -0.711. The summed E-state index contributed by atoms with van der Waals surface area (Å²) in [5, 5.41) is 21.4. The Morgan fingerprint density at radius 2 is 1.79 bits per heavy atom. The molecule has 210 valence electrons. The minimum absolute atomic E-state index is 0.0872. The zero-order valence-corrected chi connectivity index (χ0v) is 22.8. The first-order valence-corrected chi connectivity index (χ1v) is 12.9. The molecule has 2 N–H and O–H groups in total. The van der Waals surface area contributed by atoms with Gasteiger partial charge in [0.25, 0.3) is 5.69 Å². The average molecular weight is 584 g/mol. The molecule has 4 aromatic carbocycles. The number of nitrogens with zero attached hydrogens (tertiary/aromatic N) is 2. The highest BCUT2D eigenvalue weighted by molar-refractivity contribution is 6.30. The molecule has 0 spiro atoms. The summed E-state index contributed by atoms with van der Waals surface area (Å²) in [6.07, 6.45) is 0. The van der Waals surface area contributed by atoms with E-state index < -0.39 is 16.8 Å². The Hall–Kier alpha value is -5.53. The molecule has 0 aliphatic carbocycles. The van der Waals surface area contributed by atoms with Gasteiger partial charge in [0, 0.05) is 28.8 Å². The fourth-order valence-electron chi connectivity index (χ4n) is 4.45. The number of benzene rings is 4.